The number of aromatic nitrogens is 2. The van der Waals surface area contributed by atoms with Gasteiger partial charge < -0.3 is 5.32 Å². The van der Waals surface area contributed by atoms with Crippen LogP contribution in [-0.2, 0) is 6.54 Å². The van der Waals surface area contributed by atoms with Gasteiger partial charge in [0.05, 0.1) is 4.92 Å². The van der Waals surface area contributed by atoms with Crippen molar-refractivity contribution < 1.29 is 4.92 Å². The van der Waals surface area contributed by atoms with Gasteiger partial charge in [-0.15, -0.1) is 0 Å². The summed E-state index contributed by atoms with van der Waals surface area (Å²) in [6.45, 7) is 2.29. The van der Waals surface area contributed by atoms with Crippen molar-refractivity contribution >= 4 is 11.5 Å². The molecule has 2 rings (SSSR count). The molecular weight excluding hydrogens is 232 g/mol. The van der Waals surface area contributed by atoms with E-state index in [2.05, 4.69) is 15.3 Å². The summed E-state index contributed by atoms with van der Waals surface area (Å²) in [6, 6.07) is 8.26. The van der Waals surface area contributed by atoms with Crippen molar-refractivity contribution in [2.45, 2.75) is 13.5 Å². The Labute approximate surface area is 104 Å². The van der Waals surface area contributed by atoms with E-state index in [0.717, 1.165) is 5.56 Å². The number of hydrogen-bond acceptors (Lipinski definition) is 5. The van der Waals surface area contributed by atoms with Crippen LogP contribution in [0.15, 0.2) is 36.5 Å². The van der Waals surface area contributed by atoms with Crippen molar-refractivity contribution in [2.75, 3.05) is 5.32 Å². The molecule has 0 saturated carbocycles. The van der Waals surface area contributed by atoms with E-state index in [-0.39, 0.29) is 5.69 Å². The summed E-state index contributed by atoms with van der Waals surface area (Å²) in [5, 5.41) is 13.7. The van der Waals surface area contributed by atoms with Gasteiger partial charge in [-0.1, -0.05) is 12.1 Å². The van der Waals surface area contributed by atoms with Gasteiger partial charge in [0.2, 0.25) is 0 Å². The lowest BCUT2D eigenvalue weighted by molar-refractivity contribution is -0.384. The molecule has 1 N–H and O–H groups in total. The minimum atomic E-state index is -0.404. The van der Waals surface area contributed by atoms with E-state index in [0.29, 0.717) is 18.2 Å². The van der Waals surface area contributed by atoms with E-state index in [4.69, 9.17) is 0 Å². The molecular formula is C12H12N4O2. The van der Waals surface area contributed by atoms with Gasteiger partial charge in [-0.05, 0) is 18.6 Å². The number of nitrogens with one attached hydrogen (secondary N) is 1. The average Bonchev–Trinajstić information content (AvgIpc) is 2.37. The number of non-ortho nitro benzene ring substituents is 1. The maximum absolute atomic E-state index is 10.6. The van der Waals surface area contributed by atoms with Gasteiger partial charge in [-0.2, -0.15) is 0 Å². The smallest absolute Gasteiger partial charge is 0.269 e. The lowest BCUT2D eigenvalue weighted by Gasteiger charge is -2.05. The van der Waals surface area contributed by atoms with Crippen LogP contribution in [0.25, 0.3) is 0 Å². The third-order valence-corrected chi connectivity index (χ3v) is 2.37. The molecule has 0 saturated heterocycles. The number of aryl methyl sites for hydroxylation is 1. The van der Waals surface area contributed by atoms with Crippen LogP contribution in [0.4, 0.5) is 11.5 Å². The fraction of sp³-hybridized carbons (Fsp3) is 0.167. The van der Waals surface area contributed by atoms with Gasteiger partial charge in [-0.3, -0.25) is 10.1 Å². The predicted molar refractivity (Wildman–Crippen MR) is 67.2 cm³/mol. The number of hydrogen-bond donors (Lipinski definition) is 1. The number of nitrogens with zero attached hydrogens (tertiary/aromatic N) is 3. The van der Waals surface area contributed by atoms with E-state index in [1.807, 2.05) is 6.07 Å². The molecule has 0 aliphatic heterocycles. The Kier molecular flexibility index (Phi) is 3.47. The third kappa shape index (κ3) is 3.00. The molecule has 0 radical (unpaired) electrons. The zero-order valence-corrected chi connectivity index (χ0v) is 9.83. The lowest BCUT2D eigenvalue weighted by Crippen LogP contribution is -2.03. The van der Waals surface area contributed by atoms with E-state index in [9.17, 15) is 10.1 Å². The normalized spacial score (nSPS) is 10.1. The third-order valence-electron chi connectivity index (χ3n) is 2.37. The summed E-state index contributed by atoms with van der Waals surface area (Å²) in [5.41, 5.74) is 0.925. The number of nitro benzene ring substituents is 1. The maximum Gasteiger partial charge on any atom is 0.269 e. The van der Waals surface area contributed by atoms with Gasteiger partial charge >= 0.3 is 0 Å². The molecule has 0 fully saturated rings. The SMILES string of the molecule is Cc1nccc(NCc2cccc([N+](=O)[O-])c2)n1. The fourth-order valence-electron chi connectivity index (χ4n) is 1.53. The summed E-state index contributed by atoms with van der Waals surface area (Å²) in [4.78, 5) is 18.4. The zero-order chi connectivity index (χ0) is 13.0. The Balaban J connectivity index is 2.06. The van der Waals surface area contributed by atoms with Gasteiger partial charge in [-0.25, -0.2) is 9.97 Å². The molecule has 0 unspecified atom stereocenters. The van der Waals surface area contributed by atoms with E-state index in [1.165, 1.54) is 6.07 Å². The average molecular weight is 244 g/mol. The monoisotopic (exact) mass is 244 g/mol. The van der Waals surface area contributed by atoms with Crippen molar-refractivity contribution in [3.8, 4) is 0 Å². The zero-order valence-electron chi connectivity index (χ0n) is 9.83. The molecule has 6 heteroatoms. The topological polar surface area (TPSA) is 81.0 Å². The Morgan fingerprint density at radius 2 is 2.22 bits per heavy atom. The molecule has 0 bridgehead atoms. The van der Waals surface area contributed by atoms with Gasteiger partial charge in [0.1, 0.15) is 11.6 Å². The fourth-order valence-corrected chi connectivity index (χ4v) is 1.53. The first-order valence-corrected chi connectivity index (χ1v) is 5.42. The molecule has 18 heavy (non-hydrogen) atoms. The number of nitro groups is 1. The molecule has 0 atom stereocenters. The highest BCUT2D eigenvalue weighted by atomic mass is 16.6. The first-order valence-electron chi connectivity index (χ1n) is 5.42. The number of benzene rings is 1. The van der Waals surface area contributed by atoms with Gasteiger partial charge in [0.15, 0.2) is 0 Å². The molecule has 1 aromatic heterocycles. The van der Waals surface area contributed by atoms with Crippen LogP contribution in [0, 0.1) is 17.0 Å². The van der Waals surface area contributed by atoms with Gasteiger partial charge in [0.25, 0.3) is 5.69 Å². The molecule has 92 valence electrons. The van der Waals surface area contributed by atoms with Crippen LogP contribution in [0.5, 0.6) is 0 Å². The largest absolute Gasteiger partial charge is 0.366 e. The maximum atomic E-state index is 10.6. The number of anilines is 1. The van der Waals surface area contributed by atoms with Crippen molar-refractivity contribution in [2.24, 2.45) is 0 Å². The van der Waals surface area contributed by atoms with Gasteiger partial charge in [0, 0.05) is 24.9 Å². The van der Waals surface area contributed by atoms with Crippen LogP contribution >= 0.6 is 0 Å². The highest BCUT2D eigenvalue weighted by Gasteiger charge is 2.05. The summed E-state index contributed by atoms with van der Waals surface area (Å²) < 4.78 is 0. The highest BCUT2D eigenvalue weighted by molar-refractivity contribution is 5.38. The van der Waals surface area contributed by atoms with Crippen molar-refractivity contribution in [3.05, 3.63) is 58.0 Å². The Bertz CT molecular complexity index is 572. The van der Waals surface area contributed by atoms with Crippen LogP contribution < -0.4 is 5.32 Å². The summed E-state index contributed by atoms with van der Waals surface area (Å²) in [5.74, 6) is 1.38. The summed E-state index contributed by atoms with van der Waals surface area (Å²) in [6.07, 6.45) is 1.66. The Morgan fingerprint density at radius 1 is 1.39 bits per heavy atom. The molecule has 0 spiro atoms. The first-order chi connectivity index (χ1) is 8.65. The second-order valence-corrected chi connectivity index (χ2v) is 3.77. The predicted octanol–water partition coefficient (Wildman–Crippen LogP) is 2.31. The van der Waals surface area contributed by atoms with Crippen molar-refractivity contribution in [3.63, 3.8) is 0 Å². The van der Waals surface area contributed by atoms with Crippen LogP contribution in [-0.4, -0.2) is 14.9 Å². The molecule has 0 aliphatic rings. The summed E-state index contributed by atoms with van der Waals surface area (Å²) >= 11 is 0. The second kappa shape index (κ2) is 5.22. The minimum absolute atomic E-state index is 0.0909. The van der Waals surface area contributed by atoms with Crippen LogP contribution in [0.1, 0.15) is 11.4 Å². The quantitative estimate of drug-likeness (QED) is 0.659. The van der Waals surface area contributed by atoms with Crippen LogP contribution in [0.3, 0.4) is 0 Å². The minimum Gasteiger partial charge on any atom is -0.366 e. The van der Waals surface area contributed by atoms with Crippen molar-refractivity contribution in [1.82, 2.24) is 9.97 Å². The standard InChI is InChI=1S/C12H12N4O2/c1-9-13-6-5-12(15-9)14-8-10-3-2-4-11(7-10)16(17)18/h2-7H,8H2,1H3,(H,13,14,15). The summed E-state index contributed by atoms with van der Waals surface area (Å²) in [7, 11) is 0. The Morgan fingerprint density at radius 3 is 2.94 bits per heavy atom. The molecule has 0 aliphatic carbocycles. The van der Waals surface area contributed by atoms with E-state index >= 15 is 0 Å². The van der Waals surface area contributed by atoms with Crippen molar-refractivity contribution in [1.29, 1.82) is 0 Å². The molecule has 1 aromatic carbocycles. The molecule has 2 aromatic rings. The van der Waals surface area contributed by atoms with E-state index < -0.39 is 4.92 Å². The second-order valence-electron chi connectivity index (χ2n) is 3.77. The highest BCUT2D eigenvalue weighted by Crippen LogP contribution is 2.14. The van der Waals surface area contributed by atoms with E-state index in [1.54, 1.807) is 31.3 Å². The lowest BCUT2D eigenvalue weighted by atomic mass is 10.2. The molecule has 1 heterocycles. The van der Waals surface area contributed by atoms with Crippen LogP contribution in [0.2, 0.25) is 0 Å². The first kappa shape index (κ1) is 12.0. The molecule has 6 nitrogen and oxygen atoms in total. The Hall–Kier alpha value is -2.50. The number of rotatable bonds is 4. The molecule has 0 amide bonds.